The Morgan fingerprint density at radius 2 is 1.73 bits per heavy atom. The van der Waals surface area contributed by atoms with Gasteiger partial charge in [0.05, 0.1) is 10.0 Å². The zero-order chi connectivity index (χ0) is 22.0. The van der Waals surface area contributed by atoms with E-state index in [0.717, 1.165) is 33.8 Å². The van der Waals surface area contributed by atoms with Crippen LogP contribution in [-0.4, -0.2) is 10.5 Å². The molecule has 0 aliphatic rings. The van der Waals surface area contributed by atoms with Crippen LogP contribution in [-0.2, 0) is 4.79 Å². The van der Waals surface area contributed by atoms with Gasteiger partial charge in [0.25, 0.3) is 5.91 Å². The number of aryl methyl sites for hydroxylation is 3. The predicted octanol–water partition coefficient (Wildman–Crippen LogP) is 6.56. The van der Waals surface area contributed by atoms with Crippen LogP contribution in [0, 0.1) is 39.0 Å². The minimum absolute atomic E-state index is 0.0302. The van der Waals surface area contributed by atoms with E-state index in [1.54, 1.807) is 18.2 Å². The molecule has 0 atom stereocenters. The lowest BCUT2D eigenvalue weighted by atomic mass is 10.1. The van der Waals surface area contributed by atoms with Crippen molar-refractivity contribution in [1.29, 1.82) is 5.26 Å². The molecule has 1 amide bonds. The number of nitrogens with zero attached hydrogens (tertiary/aromatic N) is 2. The predicted molar refractivity (Wildman–Crippen MR) is 123 cm³/mol. The number of rotatable bonds is 4. The van der Waals surface area contributed by atoms with Crippen molar-refractivity contribution >= 4 is 40.9 Å². The molecule has 0 saturated heterocycles. The Labute approximate surface area is 186 Å². The number of nitrogens with one attached hydrogen (secondary N) is 1. The molecule has 4 nitrogen and oxygen atoms in total. The molecule has 1 N–H and O–H groups in total. The summed E-state index contributed by atoms with van der Waals surface area (Å²) in [4.78, 5) is 12.7. The van der Waals surface area contributed by atoms with E-state index in [-0.39, 0.29) is 5.57 Å². The van der Waals surface area contributed by atoms with Crippen molar-refractivity contribution in [2.24, 2.45) is 0 Å². The monoisotopic (exact) mass is 437 g/mol. The van der Waals surface area contributed by atoms with Crippen LogP contribution >= 0.6 is 23.2 Å². The number of anilines is 1. The van der Waals surface area contributed by atoms with Crippen LogP contribution in [0.1, 0.15) is 28.1 Å². The number of carbonyl (C=O) groups is 1. The molecule has 1 heterocycles. The molecule has 0 radical (unpaired) electrons. The summed E-state index contributed by atoms with van der Waals surface area (Å²) in [6.07, 6.45) is 1.60. The highest BCUT2D eigenvalue weighted by Gasteiger charge is 2.15. The van der Waals surface area contributed by atoms with Crippen LogP contribution in [0.15, 0.2) is 48.0 Å². The van der Waals surface area contributed by atoms with Crippen molar-refractivity contribution in [3.63, 3.8) is 0 Å². The number of benzene rings is 2. The van der Waals surface area contributed by atoms with Crippen LogP contribution < -0.4 is 5.32 Å². The fraction of sp³-hybridized carbons (Fsp3) is 0.167. The van der Waals surface area contributed by atoms with Gasteiger partial charge in [-0.2, -0.15) is 5.26 Å². The van der Waals surface area contributed by atoms with E-state index in [0.29, 0.717) is 15.7 Å². The second-order valence-corrected chi connectivity index (χ2v) is 8.00. The van der Waals surface area contributed by atoms with E-state index in [1.165, 1.54) is 0 Å². The number of hydrogen-bond donors (Lipinski definition) is 1. The molecule has 0 aliphatic carbocycles. The highest BCUT2D eigenvalue weighted by Crippen LogP contribution is 2.28. The molecule has 6 heteroatoms. The lowest BCUT2D eigenvalue weighted by Crippen LogP contribution is -2.13. The molecular weight excluding hydrogens is 417 g/mol. The van der Waals surface area contributed by atoms with Gasteiger partial charge in [-0.15, -0.1) is 0 Å². The smallest absolute Gasteiger partial charge is 0.266 e. The van der Waals surface area contributed by atoms with Crippen LogP contribution in [0.4, 0.5) is 5.69 Å². The van der Waals surface area contributed by atoms with Crippen LogP contribution in [0.25, 0.3) is 11.8 Å². The summed E-state index contributed by atoms with van der Waals surface area (Å²) < 4.78 is 2.00. The molecule has 0 saturated carbocycles. The van der Waals surface area contributed by atoms with Crippen molar-refractivity contribution in [3.8, 4) is 11.8 Å². The minimum Gasteiger partial charge on any atom is -0.321 e. The molecule has 0 fully saturated rings. The maximum absolute atomic E-state index is 12.7. The minimum atomic E-state index is -0.444. The Morgan fingerprint density at radius 1 is 1.00 bits per heavy atom. The standard InChI is InChI=1S/C24H21Cl2N3O/c1-14-5-6-20(9-15(14)2)28-24(30)19(13-27)11-18-10-16(3)29(17(18)4)21-7-8-22(25)23(26)12-21/h5-12H,1-4H3,(H,28,30)/b19-11+. The van der Waals surface area contributed by atoms with Gasteiger partial charge in [0.2, 0.25) is 0 Å². The molecule has 3 aromatic rings. The first-order chi connectivity index (χ1) is 14.2. The summed E-state index contributed by atoms with van der Waals surface area (Å²) in [5, 5.41) is 13.3. The number of hydrogen-bond acceptors (Lipinski definition) is 2. The molecule has 30 heavy (non-hydrogen) atoms. The number of amides is 1. The average molecular weight is 438 g/mol. The van der Waals surface area contributed by atoms with E-state index in [1.807, 2.05) is 68.7 Å². The second kappa shape index (κ2) is 8.79. The first kappa shape index (κ1) is 21.7. The zero-order valence-corrected chi connectivity index (χ0v) is 18.7. The molecule has 0 unspecified atom stereocenters. The lowest BCUT2D eigenvalue weighted by molar-refractivity contribution is -0.112. The number of aromatic nitrogens is 1. The Kier molecular flexibility index (Phi) is 6.36. The van der Waals surface area contributed by atoms with E-state index in [2.05, 4.69) is 5.32 Å². The highest BCUT2D eigenvalue weighted by molar-refractivity contribution is 6.42. The first-order valence-corrected chi connectivity index (χ1v) is 10.1. The molecule has 152 valence electrons. The number of carbonyl (C=O) groups excluding carboxylic acids is 1. The molecule has 0 aliphatic heterocycles. The zero-order valence-electron chi connectivity index (χ0n) is 17.2. The first-order valence-electron chi connectivity index (χ1n) is 9.36. The van der Waals surface area contributed by atoms with E-state index in [9.17, 15) is 10.1 Å². The third kappa shape index (κ3) is 4.43. The van der Waals surface area contributed by atoms with Gasteiger partial charge in [-0.25, -0.2) is 0 Å². The van der Waals surface area contributed by atoms with Crippen molar-refractivity contribution in [1.82, 2.24) is 4.57 Å². The Balaban J connectivity index is 1.94. The van der Waals surface area contributed by atoms with Crippen molar-refractivity contribution in [2.75, 3.05) is 5.32 Å². The van der Waals surface area contributed by atoms with Crippen molar-refractivity contribution in [3.05, 3.63) is 86.2 Å². The molecular formula is C24H21Cl2N3O. The van der Waals surface area contributed by atoms with E-state index in [4.69, 9.17) is 23.2 Å². The lowest BCUT2D eigenvalue weighted by Gasteiger charge is -2.11. The fourth-order valence-electron chi connectivity index (χ4n) is 3.28. The Hall–Kier alpha value is -3.00. The summed E-state index contributed by atoms with van der Waals surface area (Å²) in [5.74, 6) is -0.444. The number of nitriles is 1. The SMILES string of the molecule is Cc1ccc(NC(=O)/C(C#N)=C/c2cc(C)n(-c3ccc(Cl)c(Cl)c3)c2C)cc1C. The van der Waals surface area contributed by atoms with Gasteiger partial charge < -0.3 is 9.88 Å². The van der Waals surface area contributed by atoms with E-state index < -0.39 is 5.91 Å². The summed E-state index contributed by atoms with van der Waals surface area (Å²) in [7, 11) is 0. The third-order valence-corrected chi connectivity index (χ3v) is 5.80. The molecule has 3 rings (SSSR count). The molecule has 1 aromatic heterocycles. The van der Waals surface area contributed by atoms with Gasteiger partial charge in [-0.1, -0.05) is 29.3 Å². The summed E-state index contributed by atoms with van der Waals surface area (Å²) in [6, 6.07) is 15.0. The highest BCUT2D eigenvalue weighted by atomic mass is 35.5. The average Bonchev–Trinajstić information content (AvgIpc) is 2.98. The third-order valence-electron chi connectivity index (χ3n) is 5.06. The topological polar surface area (TPSA) is 57.8 Å². The van der Waals surface area contributed by atoms with Crippen LogP contribution in [0.5, 0.6) is 0 Å². The molecule has 0 bridgehead atoms. The van der Waals surface area contributed by atoms with E-state index >= 15 is 0 Å². The normalized spacial score (nSPS) is 11.3. The molecule has 0 spiro atoms. The van der Waals surface area contributed by atoms with Crippen molar-refractivity contribution < 1.29 is 4.79 Å². The fourth-order valence-corrected chi connectivity index (χ4v) is 3.57. The Bertz CT molecular complexity index is 1220. The van der Waals surface area contributed by atoms with Gasteiger partial charge in [-0.05, 0) is 86.9 Å². The number of halogens is 2. The van der Waals surface area contributed by atoms with Crippen LogP contribution in [0.2, 0.25) is 10.0 Å². The van der Waals surface area contributed by atoms with Gasteiger partial charge in [0.15, 0.2) is 0 Å². The Morgan fingerprint density at radius 3 is 2.37 bits per heavy atom. The van der Waals surface area contributed by atoms with Gasteiger partial charge in [0.1, 0.15) is 11.6 Å². The van der Waals surface area contributed by atoms with Gasteiger partial charge >= 0.3 is 0 Å². The van der Waals surface area contributed by atoms with Gasteiger partial charge in [0, 0.05) is 22.8 Å². The maximum atomic E-state index is 12.7. The maximum Gasteiger partial charge on any atom is 0.266 e. The quantitative estimate of drug-likeness (QED) is 0.370. The summed E-state index contributed by atoms with van der Waals surface area (Å²) >= 11 is 12.2. The molecule has 2 aromatic carbocycles. The largest absolute Gasteiger partial charge is 0.321 e. The summed E-state index contributed by atoms with van der Waals surface area (Å²) in [5.41, 5.74) is 6.37. The van der Waals surface area contributed by atoms with Crippen LogP contribution in [0.3, 0.4) is 0 Å². The van der Waals surface area contributed by atoms with Crippen molar-refractivity contribution in [2.45, 2.75) is 27.7 Å². The second-order valence-electron chi connectivity index (χ2n) is 7.18. The summed E-state index contributed by atoms with van der Waals surface area (Å²) in [6.45, 7) is 7.86. The van der Waals surface area contributed by atoms with Gasteiger partial charge in [-0.3, -0.25) is 4.79 Å².